The van der Waals surface area contributed by atoms with Gasteiger partial charge in [0, 0.05) is 25.2 Å². The van der Waals surface area contributed by atoms with Crippen LogP contribution in [0.1, 0.15) is 57.2 Å². The van der Waals surface area contributed by atoms with E-state index in [-0.39, 0.29) is 17.7 Å². The molecule has 2 atom stereocenters. The first kappa shape index (κ1) is 23.0. The van der Waals surface area contributed by atoms with E-state index < -0.39 is 6.04 Å². The number of carbonyl (C=O) groups excluding carboxylic acids is 2. The van der Waals surface area contributed by atoms with Crippen molar-refractivity contribution in [2.75, 3.05) is 18.4 Å². The molecule has 1 fully saturated rings. The number of anilines is 1. The average Bonchev–Trinajstić information content (AvgIpc) is 2.73. The summed E-state index contributed by atoms with van der Waals surface area (Å²) in [5, 5.41) is 5.87. The number of benzene rings is 2. The molecule has 3 rings (SSSR count). The quantitative estimate of drug-likeness (QED) is 0.646. The minimum atomic E-state index is -0.720. The molecule has 5 heteroatoms. The van der Waals surface area contributed by atoms with Crippen LogP contribution < -0.4 is 10.6 Å². The third kappa shape index (κ3) is 7.21. The largest absolute Gasteiger partial charge is 0.341 e. The molecule has 2 unspecified atom stereocenters. The van der Waals surface area contributed by atoms with Crippen LogP contribution in [0, 0.1) is 11.8 Å². The van der Waals surface area contributed by atoms with E-state index in [2.05, 4.69) is 34.6 Å². The van der Waals surface area contributed by atoms with Crippen LogP contribution in [0.5, 0.6) is 0 Å². The van der Waals surface area contributed by atoms with Crippen LogP contribution in [0.2, 0.25) is 0 Å². The van der Waals surface area contributed by atoms with Gasteiger partial charge in [-0.25, -0.2) is 0 Å². The smallest absolute Gasteiger partial charge is 0.251 e. The Morgan fingerprint density at radius 1 is 1.06 bits per heavy atom. The van der Waals surface area contributed by atoms with E-state index in [1.165, 1.54) is 18.4 Å². The summed E-state index contributed by atoms with van der Waals surface area (Å²) in [6, 6.07) is 16.7. The summed E-state index contributed by atoms with van der Waals surface area (Å²) < 4.78 is 0. The zero-order valence-corrected chi connectivity index (χ0v) is 18.9. The molecule has 0 spiro atoms. The maximum absolute atomic E-state index is 13.0. The van der Waals surface area contributed by atoms with Gasteiger partial charge in [0.1, 0.15) is 6.04 Å². The van der Waals surface area contributed by atoms with Gasteiger partial charge in [0.25, 0.3) is 5.91 Å². The predicted molar refractivity (Wildman–Crippen MR) is 126 cm³/mol. The third-order valence-electron chi connectivity index (χ3n) is 5.66. The molecule has 0 aromatic heterocycles. The fourth-order valence-corrected chi connectivity index (χ4v) is 4.13. The predicted octanol–water partition coefficient (Wildman–Crippen LogP) is 4.76. The highest BCUT2D eigenvalue weighted by Gasteiger charge is 2.23. The van der Waals surface area contributed by atoms with Crippen molar-refractivity contribution in [2.24, 2.45) is 11.8 Å². The molecule has 2 N–H and O–H groups in total. The molecule has 31 heavy (non-hydrogen) atoms. The van der Waals surface area contributed by atoms with Gasteiger partial charge in [0.05, 0.1) is 0 Å². The molecular formula is C26H35N3O2. The van der Waals surface area contributed by atoms with Crippen LogP contribution in [0.15, 0.2) is 54.6 Å². The maximum Gasteiger partial charge on any atom is 0.251 e. The van der Waals surface area contributed by atoms with E-state index in [0.717, 1.165) is 36.8 Å². The monoisotopic (exact) mass is 421 g/mol. The number of rotatable bonds is 8. The van der Waals surface area contributed by atoms with Gasteiger partial charge < -0.3 is 10.6 Å². The minimum Gasteiger partial charge on any atom is -0.341 e. The Bertz CT molecular complexity index is 849. The van der Waals surface area contributed by atoms with E-state index >= 15 is 0 Å². The van der Waals surface area contributed by atoms with Crippen molar-refractivity contribution in [3.63, 3.8) is 0 Å². The second-order valence-electron chi connectivity index (χ2n) is 9.18. The van der Waals surface area contributed by atoms with Crippen molar-refractivity contribution in [1.82, 2.24) is 10.2 Å². The second-order valence-corrected chi connectivity index (χ2v) is 9.18. The Balaban J connectivity index is 1.64. The first-order chi connectivity index (χ1) is 14.9. The number of hydrogen-bond donors (Lipinski definition) is 2. The Labute approximate surface area is 186 Å². The normalized spacial score (nSPS) is 17.9. The molecule has 0 radical (unpaired) electrons. The van der Waals surface area contributed by atoms with Crippen LogP contribution in [-0.2, 0) is 16.1 Å². The Kier molecular flexibility index (Phi) is 8.24. The fraction of sp³-hybridized carbons (Fsp3) is 0.462. The lowest BCUT2D eigenvalue weighted by Crippen LogP contribution is -2.37. The molecular weight excluding hydrogens is 386 g/mol. The SMILES string of the molecule is CC(C)CC(=O)NC(C(=O)Nc1ccc(CN2CCCC(C)C2)cc1)c1ccccc1. The van der Waals surface area contributed by atoms with Gasteiger partial charge >= 0.3 is 0 Å². The summed E-state index contributed by atoms with van der Waals surface area (Å²) in [6.45, 7) is 9.53. The van der Waals surface area contributed by atoms with Crippen molar-refractivity contribution >= 4 is 17.5 Å². The molecule has 2 amide bonds. The lowest BCUT2D eigenvalue weighted by Gasteiger charge is -2.30. The average molecular weight is 422 g/mol. The van der Waals surface area contributed by atoms with Gasteiger partial charge in [0.2, 0.25) is 5.91 Å². The van der Waals surface area contributed by atoms with Crippen molar-refractivity contribution in [3.8, 4) is 0 Å². The lowest BCUT2D eigenvalue weighted by molar-refractivity contribution is -0.127. The highest BCUT2D eigenvalue weighted by molar-refractivity contribution is 5.97. The molecule has 0 bridgehead atoms. The molecule has 2 aromatic carbocycles. The van der Waals surface area contributed by atoms with E-state index in [1.807, 2.05) is 56.3 Å². The zero-order valence-electron chi connectivity index (χ0n) is 18.9. The molecule has 0 aliphatic carbocycles. The first-order valence-corrected chi connectivity index (χ1v) is 11.4. The van der Waals surface area contributed by atoms with Gasteiger partial charge in [-0.2, -0.15) is 0 Å². The molecule has 1 saturated heterocycles. The number of piperidine rings is 1. The highest BCUT2D eigenvalue weighted by Crippen LogP contribution is 2.20. The summed E-state index contributed by atoms with van der Waals surface area (Å²) in [5.74, 6) is 0.633. The van der Waals surface area contributed by atoms with Crippen LogP contribution in [0.3, 0.4) is 0 Å². The maximum atomic E-state index is 13.0. The van der Waals surface area contributed by atoms with E-state index in [0.29, 0.717) is 6.42 Å². The summed E-state index contributed by atoms with van der Waals surface area (Å²) in [4.78, 5) is 27.9. The number of carbonyl (C=O) groups is 2. The van der Waals surface area contributed by atoms with Crippen LogP contribution in [0.25, 0.3) is 0 Å². The molecule has 0 saturated carbocycles. The van der Waals surface area contributed by atoms with Crippen molar-refractivity contribution in [3.05, 3.63) is 65.7 Å². The van der Waals surface area contributed by atoms with Crippen LogP contribution >= 0.6 is 0 Å². The molecule has 166 valence electrons. The number of amides is 2. The summed E-state index contributed by atoms with van der Waals surface area (Å²) in [5.41, 5.74) is 2.75. The van der Waals surface area contributed by atoms with Crippen molar-refractivity contribution < 1.29 is 9.59 Å². The number of likely N-dealkylation sites (tertiary alicyclic amines) is 1. The van der Waals surface area contributed by atoms with E-state index in [9.17, 15) is 9.59 Å². The second kappa shape index (κ2) is 11.1. The van der Waals surface area contributed by atoms with Crippen LogP contribution in [0.4, 0.5) is 5.69 Å². The minimum absolute atomic E-state index is 0.120. The Hall–Kier alpha value is -2.66. The van der Waals surface area contributed by atoms with Gasteiger partial charge in [0.15, 0.2) is 0 Å². The lowest BCUT2D eigenvalue weighted by atomic mass is 10.00. The molecule has 5 nitrogen and oxygen atoms in total. The number of hydrogen-bond acceptors (Lipinski definition) is 3. The van der Waals surface area contributed by atoms with E-state index in [4.69, 9.17) is 0 Å². The molecule has 1 heterocycles. The standard InChI is InChI=1S/C26H35N3O2/c1-19(2)16-24(30)28-25(22-9-5-4-6-10-22)26(31)27-23-13-11-21(12-14-23)18-29-15-7-8-20(3)17-29/h4-6,9-14,19-20,25H,7-8,15-18H2,1-3H3,(H,27,31)(H,28,30). The third-order valence-corrected chi connectivity index (χ3v) is 5.66. The summed E-state index contributed by atoms with van der Waals surface area (Å²) in [6.07, 6.45) is 2.97. The molecule has 1 aliphatic heterocycles. The first-order valence-electron chi connectivity index (χ1n) is 11.4. The van der Waals surface area contributed by atoms with Crippen LogP contribution in [-0.4, -0.2) is 29.8 Å². The van der Waals surface area contributed by atoms with Crippen molar-refractivity contribution in [2.45, 2.75) is 52.6 Å². The van der Waals surface area contributed by atoms with Gasteiger partial charge in [-0.05, 0) is 54.5 Å². The Morgan fingerprint density at radius 3 is 2.42 bits per heavy atom. The number of nitrogens with zero attached hydrogens (tertiary/aromatic N) is 1. The van der Waals surface area contributed by atoms with Gasteiger partial charge in [-0.1, -0.05) is 63.2 Å². The zero-order chi connectivity index (χ0) is 22.2. The number of nitrogens with one attached hydrogen (secondary N) is 2. The summed E-state index contributed by atoms with van der Waals surface area (Å²) >= 11 is 0. The highest BCUT2D eigenvalue weighted by atomic mass is 16.2. The fourth-order valence-electron chi connectivity index (χ4n) is 4.13. The molecule has 2 aromatic rings. The Morgan fingerprint density at radius 2 is 1.77 bits per heavy atom. The molecule has 1 aliphatic rings. The van der Waals surface area contributed by atoms with Crippen molar-refractivity contribution in [1.29, 1.82) is 0 Å². The summed E-state index contributed by atoms with van der Waals surface area (Å²) in [7, 11) is 0. The van der Waals surface area contributed by atoms with E-state index in [1.54, 1.807) is 0 Å². The topological polar surface area (TPSA) is 61.4 Å². The van der Waals surface area contributed by atoms with Gasteiger partial charge in [-0.3, -0.25) is 14.5 Å². The van der Waals surface area contributed by atoms with Gasteiger partial charge in [-0.15, -0.1) is 0 Å².